The van der Waals surface area contributed by atoms with Crippen LogP contribution in [-0.4, -0.2) is 19.5 Å². The summed E-state index contributed by atoms with van der Waals surface area (Å²) in [6, 6.07) is 14.2. The molecule has 116 valence electrons. The Morgan fingerprint density at radius 1 is 0.958 bits per heavy atom. The smallest absolute Gasteiger partial charge is 0.229 e. The molecule has 1 aromatic carbocycles. The molecule has 5 nitrogen and oxygen atoms in total. The van der Waals surface area contributed by atoms with Crippen molar-refractivity contribution < 1.29 is 4.42 Å². The van der Waals surface area contributed by atoms with Crippen molar-refractivity contribution >= 4 is 33.2 Å². The maximum Gasteiger partial charge on any atom is 0.229 e. The number of nitrogens with zero attached hydrogens (tertiary/aromatic N) is 4. The van der Waals surface area contributed by atoms with E-state index in [1.54, 1.807) is 6.20 Å². The molecule has 0 atom stereocenters. The molecule has 5 rings (SSSR count). The van der Waals surface area contributed by atoms with Crippen molar-refractivity contribution in [2.24, 2.45) is 7.05 Å². The van der Waals surface area contributed by atoms with Gasteiger partial charge in [0.2, 0.25) is 11.4 Å². The fourth-order valence-corrected chi connectivity index (χ4v) is 3.16. The van der Waals surface area contributed by atoms with Gasteiger partial charge in [-0.15, -0.1) is 0 Å². The minimum Gasteiger partial charge on any atom is -0.419 e. The third-order valence-electron chi connectivity index (χ3n) is 4.38. The second-order valence-corrected chi connectivity index (χ2v) is 5.97. The van der Waals surface area contributed by atoms with Gasteiger partial charge in [0.25, 0.3) is 0 Å². The molecule has 0 N–H and O–H groups in total. The summed E-state index contributed by atoms with van der Waals surface area (Å²) in [4.78, 5) is 13.7. The number of aromatic nitrogens is 4. The highest BCUT2D eigenvalue weighted by Crippen LogP contribution is 2.30. The summed E-state index contributed by atoms with van der Waals surface area (Å²) in [5, 5.41) is 1.94. The Bertz CT molecular complexity index is 1230. The van der Waals surface area contributed by atoms with Gasteiger partial charge in [-0.1, -0.05) is 12.1 Å². The lowest BCUT2D eigenvalue weighted by molar-refractivity contribution is 0.639. The van der Waals surface area contributed by atoms with Gasteiger partial charge in [-0.2, -0.15) is 0 Å². The van der Waals surface area contributed by atoms with Gasteiger partial charge in [0.15, 0.2) is 0 Å². The van der Waals surface area contributed by atoms with Crippen molar-refractivity contribution in [3.05, 3.63) is 54.4 Å². The average molecular weight is 314 g/mol. The van der Waals surface area contributed by atoms with E-state index in [1.807, 2.05) is 44.3 Å². The number of hydrogen-bond acceptors (Lipinski definition) is 4. The van der Waals surface area contributed by atoms with E-state index in [9.17, 15) is 0 Å². The first-order valence-corrected chi connectivity index (χ1v) is 7.78. The van der Waals surface area contributed by atoms with E-state index in [0.29, 0.717) is 11.4 Å². The van der Waals surface area contributed by atoms with Gasteiger partial charge in [0.05, 0.1) is 16.4 Å². The molecular formula is C19H14N4O. The summed E-state index contributed by atoms with van der Waals surface area (Å²) >= 11 is 0. The number of para-hydroxylation sites is 2. The summed E-state index contributed by atoms with van der Waals surface area (Å²) in [5.74, 6) is 0.889. The molecule has 0 bridgehead atoms. The molecule has 0 saturated carbocycles. The summed E-state index contributed by atoms with van der Waals surface area (Å²) in [6.45, 7) is 1.95. The van der Waals surface area contributed by atoms with Gasteiger partial charge in [-0.05, 0) is 37.3 Å². The molecule has 4 aromatic heterocycles. The summed E-state index contributed by atoms with van der Waals surface area (Å²) < 4.78 is 7.85. The Hall–Kier alpha value is -3.21. The molecule has 4 heterocycles. The Balaban J connectivity index is 1.79. The molecule has 0 unspecified atom stereocenters. The van der Waals surface area contributed by atoms with Gasteiger partial charge in [0.1, 0.15) is 5.82 Å². The minimum atomic E-state index is 0.602. The lowest BCUT2D eigenvalue weighted by atomic mass is 10.1. The van der Waals surface area contributed by atoms with E-state index < -0.39 is 0 Å². The zero-order chi connectivity index (χ0) is 16.3. The standard InChI is InChI=1S/C19H14N4O/c1-11-7-8-13-14-9-12(10-20-18(14)24-19(13)21-11)17-22-15-5-3-4-6-16(15)23(17)2/h3-10H,1-2H3. The highest BCUT2D eigenvalue weighted by molar-refractivity contribution is 6.03. The van der Waals surface area contributed by atoms with Crippen molar-refractivity contribution in [1.82, 2.24) is 19.5 Å². The number of aryl methyl sites for hydroxylation is 2. The third-order valence-corrected chi connectivity index (χ3v) is 4.38. The topological polar surface area (TPSA) is 56.7 Å². The summed E-state index contributed by atoms with van der Waals surface area (Å²) in [7, 11) is 2.02. The van der Waals surface area contributed by atoms with Crippen LogP contribution in [0.5, 0.6) is 0 Å². The number of rotatable bonds is 1. The van der Waals surface area contributed by atoms with Crippen LogP contribution in [0, 0.1) is 6.92 Å². The van der Waals surface area contributed by atoms with Crippen molar-refractivity contribution in [1.29, 1.82) is 0 Å². The van der Waals surface area contributed by atoms with E-state index >= 15 is 0 Å². The van der Waals surface area contributed by atoms with Gasteiger partial charge < -0.3 is 8.98 Å². The zero-order valence-corrected chi connectivity index (χ0v) is 13.3. The van der Waals surface area contributed by atoms with Crippen molar-refractivity contribution in [3.8, 4) is 11.4 Å². The second kappa shape index (κ2) is 4.64. The van der Waals surface area contributed by atoms with Crippen LogP contribution in [0.4, 0.5) is 0 Å². The Labute approximate surface area is 137 Å². The van der Waals surface area contributed by atoms with Crippen LogP contribution in [0.25, 0.3) is 44.6 Å². The number of imidazole rings is 1. The first kappa shape index (κ1) is 13.2. The number of fused-ring (bicyclic) bond motifs is 4. The van der Waals surface area contributed by atoms with Crippen LogP contribution in [0.15, 0.2) is 53.1 Å². The van der Waals surface area contributed by atoms with E-state index in [4.69, 9.17) is 9.40 Å². The second-order valence-electron chi connectivity index (χ2n) is 5.97. The van der Waals surface area contributed by atoms with Crippen LogP contribution < -0.4 is 0 Å². The zero-order valence-electron chi connectivity index (χ0n) is 13.3. The van der Waals surface area contributed by atoms with Gasteiger partial charge in [-0.25, -0.2) is 15.0 Å². The van der Waals surface area contributed by atoms with E-state index in [1.165, 1.54) is 0 Å². The molecule has 0 fully saturated rings. The SMILES string of the molecule is Cc1ccc2c(n1)oc1ncc(-c3nc4ccccc4n3C)cc12. The van der Waals surface area contributed by atoms with Crippen LogP contribution in [0.3, 0.4) is 0 Å². The predicted octanol–water partition coefficient (Wildman–Crippen LogP) is 4.24. The minimum absolute atomic E-state index is 0.602. The Kier molecular flexibility index (Phi) is 2.56. The lowest BCUT2D eigenvalue weighted by Crippen LogP contribution is -1.92. The monoisotopic (exact) mass is 314 g/mol. The molecule has 0 spiro atoms. The number of benzene rings is 1. The van der Waals surface area contributed by atoms with E-state index in [2.05, 4.69) is 26.7 Å². The van der Waals surface area contributed by atoms with E-state index in [0.717, 1.165) is 38.9 Å². The van der Waals surface area contributed by atoms with Gasteiger partial charge in [0, 0.05) is 29.9 Å². The molecule has 0 saturated heterocycles. The number of hydrogen-bond donors (Lipinski definition) is 0. The van der Waals surface area contributed by atoms with Crippen LogP contribution in [0.1, 0.15) is 5.69 Å². The molecule has 0 aliphatic rings. The largest absolute Gasteiger partial charge is 0.419 e. The number of pyridine rings is 2. The molecule has 5 aromatic rings. The Morgan fingerprint density at radius 2 is 1.83 bits per heavy atom. The third kappa shape index (κ3) is 1.78. The molecule has 5 heteroatoms. The molecule has 0 aliphatic carbocycles. The molecule has 0 aliphatic heterocycles. The van der Waals surface area contributed by atoms with Gasteiger partial charge >= 0.3 is 0 Å². The molecular weight excluding hydrogens is 300 g/mol. The first-order valence-electron chi connectivity index (χ1n) is 7.78. The normalized spacial score (nSPS) is 11.8. The highest BCUT2D eigenvalue weighted by Gasteiger charge is 2.14. The van der Waals surface area contributed by atoms with Crippen LogP contribution >= 0.6 is 0 Å². The maximum atomic E-state index is 5.76. The summed E-state index contributed by atoms with van der Waals surface area (Å²) in [6.07, 6.45) is 1.80. The molecule has 0 amide bonds. The number of furan rings is 1. The van der Waals surface area contributed by atoms with E-state index in [-0.39, 0.29) is 0 Å². The fourth-order valence-electron chi connectivity index (χ4n) is 3.16. The van der Waals surface area contributed by atoms with Crippen LogP contribution in [-0.2, 0) is 7.05 Å². The predicted molar refractivity (Wildman–Crippen MR) is 93.8 cm³/mol. The molecule has 24 heavy (non-hydrogen) atoms. The average Bonchev–Trinajstić information content (AvgIpc) is 3.12. The fraction of sp³-hybridized carbons (Fsp3) is 0.105. The quantitative estimate of drug-likeness (QED) is 0.464. The van der Waals surface area contributed by atoms with Gasteiger partial charge in [-0.3, -0.25) is 0 Å². The van der Waals surface area contributed by atoms with Crippen molar-refractivity contribution in [3.63, 3.8) is 0 Å². The highest BCUT2D eigenvalue weighted by atomic mass is 16.3. The Morgan fingerprint density at radius 3 is 2.71 bits per heavy atom. The maximum absolute atomic E-state index is 5.76. The van der Waals surface area contributed by atoms with Crippen LogP contribution in [0.2, 0.25) is 0 Å². The summed E-state index contributed by atoms with van der Waals surface area (Å²) in [5.41, 5.74) is 5.19. The van der Waals surface area contributed by atoms with Crippen molar-refractivity contribution in [2.75, 3.05) is 0 Å². The first-order chi connectivity index (χ1) is 11.7. The molecule has 0 radical (unpaired) electrons. The lowest BCUT2D eigenvalue weighted by Gasteiger charge is -2.02. The van der Waals surface area contributed by atoms with Crippen molar-refractivity contribution in [2.45, 2.75) is 6.92 Å².